The lowest BCUT2D eigenvalue weighted by molar-refractivity contribution is 0.352. The summed E-state index contributed by atoms with van der Waals surface area (Å²) < 4.78 is 31.7. The average Bonchev–Trinajstić information content (AvgIpc) is 2.69. The first-order valence-corrected chi connectivity index (χ1v) is 11.0. The van der Waals surface area contributed by atoms with E-state index in [-0.39, 0.29) is 10.8 Å². The molecule has 1 aliphatic heterocycles. The second-order valence-electron chi connectivity index (χ2n) is 5.76. The first kappa shape index (κ1) is 19.6. The summed E-state index contributed by atoms with van der Waals surface area (Å²) in [6, 6.07) is 7.66. The molecule has 2 heterocycles. The molecule has 0 bridgehead atoms. The number of anilines is 1. The van der Waals surface area contributed by atoms with Gasteiger partial charge in [0.05, 0.1) is 22.5 Å². The van der Waals surface area contributed by atoms with Gasteiger partial charge in [0.15, 0.2) is 4.32 Å². The lowest BCUT2D eigenvalue weighted by Crippen LogP contribution is -2.32. The maximum atomic E-state index is 12.3. The molecule has 1 aromatic carbocycles. The summed E-state index contributed by atoms with van der Waals surface area (Å²) in [5.74, 6) is 0.0175. The number of nitrogens with one attached hydrogen (secondary N) is 1. The van der Waals surface area contributed by atoms with E-state index in [0.29, 0.717) is 10.0 Å². The van der Waals surface area contributed by atoms with Crippen LogP contribution in [-0.4, -0.2) is 40.7 Å². The van der Waals surface area contributed by atoms with E-state index in [0.717, 1.165) is 37.9 Å². The van der Waals surface area contributed by atoms with Crippen LogP contribution < -0.4 is 4.72 Å². The zero-order valence-electron chi connectivity index (χ0n) is 14.4. The van der Waals surface area contributed by atoms with Crippen LogP contribution in [0.25, 0.3) is 0 Å². The molecular weight excluding hydrogens is 404 g/mol. The van der Waals surface area contributed by atoms with E-state index in [4.69, 9.17) is 12.2 Å². The third-order valence-electron chi connectivity index (χ3n) is 3.83. The van der Waals surface area contributed by atoms with E-state index in [1.54, 1.807) is 18.2 Å². The zero-order chi connectivity index (χ0) is 19.1. The van der Waals surface area contributed by atoms with Gasteiger partial charge in [-0.25, -0.2) is 23.1 Å². The number of hydrogen-bond acceptors (Lipinski definition) is 8. The third-order valence-corrected chi connectivity index (χ3v) is 6.23. The Morgan fingerprint density at radius 1 is 1.11 bits per heavy atom. The third kappa shape index (κ3) is 5.68. The van der Waals surface area contributed by atoms with Crippen molar-refractivity contribution in [3.8, 4) is 0 Å². The van der Waals surface area contributed by atoms with Gasteiger partial charge >= 0.3 is 0 Å². The summed E-state index contributed by atoms with van der Waals surface area (Å²) in [5, 5.41) is 4.08. The number of rotatable bonds is 5. The minimum absolute atomic E-state index is 0.0175. The van der Waals surface area contributed by atoms with E-state index >= 15 is 0 Å². The summed E-state index contributed by atoms with van der Waals surface area (Å²) in [6.45, 7) is 1.93. The van der Waals surface area contributed by atoms with Crippen molar-refractivity contribution in [2.24, 2.45) is 9.63 Å². The minimum Gasteiger partial charge on any atom is -0.356 e. The van der Waals surface area contributed by atoms with Crippen LogP contribution in [0.4, 0.5) is 11.6 Å². The molecule has 3 rings (SSSR count). The Balaban J connectivity index is 1.58. The van der Waals surface area contributed by atoms with Gasteiger partial charge in [0.25, 0.3) is 10.0 Å². The van der Waals surface area contributed by atoms with Crippen molar-refractivity contribution in [1.82, 2.24) is 14.9 Å². The molecule has 0 atom stereocenters. The van der Waals surface area contributed by atoms with Gasteiger partial charge in [-0.2, -0.15) is 0 Å². The van der Waals surface area contributed by atoms with Crippen LogP contribution in [0.1, 0.15) is 19.3 Å². The zero-order valence-corrected chi connectivity index (χ0v) is 16.8. The molecule has 1 fully saturated rings. The molecule has 0 radical (unpaired) electrons. The number of nitrogens with zero attached hydrogens (tertiary/aromatic N) is 5. The van der Waals surface area contributed by atoms with Crippen LogP contribution >= 0.6 is 24.2 Å². The molecule has 142 valence electrons. The Labute approximate surface area is 167 Å². The number of benzene rings is 1. The standard InChI is InChI=1S/C16H18N6O2S3/c23-27(24,20-15-17-9-4-10-18-15)14-7-5-13(6-8-14)19-21-26-16(25)22-11-2-1-3-12-22/h4-10H,1-3,11-12H2,(H,17,18,20). The highest BCUT2D eigenvalue weighted by Crippen LogP contribution is 2.22. The first-order valence-electron chi connectivity index (χ1n) is 8.31. The van der Waals surface area contributed by atoms with Gasteiger partial charge < -0.3 is 4.90 Å². The smallest absolute Gasteiger partial charge is 0.264 e. The molecule has 1 aliphatic rings. The Hall–Kier alpha value is -2.11. The van der Waals surface area contributed by atoms with Crippen LogP contribution in [-0.2, 0) is 10.0 Å². The van der Waals surface area contributed by atoms with Crippen LogP contribution in [0.3, 0.4) is 0 Å². The van der Waals surface area contributed by atoms with Crippen LogP contribution in [0.2, 0.25) is 0 Å². The summed E-state index contributed by atoms with van der Waals surface area (Å²) in [4.78, 5) is 9.92. The molecule has 11 heteroatoms. The highest BCUT2D eigenvalue weighted by atomic mass is 32.2. The van der Waals surface area contributed by atoms with Crippen LogP contribution in [0, 0.1) is 0 Å². The fraction of sp³-hybridized carbons (Fsp3) is 0.312. The van der Waals surface area contributed by atoms with Gasteiger partial charge in [0.1, 0.15) is 0 Å². The molecule has 0 saturated carbocycles. The molecule has 0 spiro atoms. The van der Waals surface area contributed by atoms with E-state index in [9.17, 15) is 8.42 Å². The number of aromatic nitrogens is 2. The Bertz CT molecular complexity index is 898. The Morgan fingerprint density at radius 2 is 1.78 bits per heavy atom. The minimum atomic E-state index is -3.76. The molecule has 27 heavy (non-hydrogen) atoms. The topological polar surface area (TPSA) is 99.9 Å². The SMILES string of the molecule is O=S(=O)(Nc1ncccn1)c1ccc(N=NSC(=S)N2CCCCC2)cc1. The highest BCUT2D eigenvalue weighted by molar-refractivity contribution is 8.21. The van der Waals surface area contributed by atoms with Gasteiger partial charge in [-0.15, -0.1) is 9.63 Å². The van der Waals surface area contributed by atoms with Crippen molar-refractivity contribution in [3.05, 3.63) is 42.7 Å². The van der Waals surface area contributed by atoms with E-state index in [2.05, 4.69) is 29.2 Å². The first-order chi connectivity index (χ1) is 13.0. The molecule has 0 unspecified atom stereocenters. The van der Waals surface area contributed by atoms with Gasteiger partial charge in [-0.1, -0.05) is 12.2 Å². The fourth-order valence-corrected chi connectivity index (χ4v) is 4.20. The lowest BCUT2D eigenvalue weighted by atomic mass is 10.1. The van der Waals surface area contributed by atoms with Crippen LogP contribution in [0.5, 0.6) is 0 Å². The number of piperidine rings is 1. The molecule has 8 nitrogen and oxygen atoms in total. The fourth-order valence-electron chi connectivity index (χ4n) is 2.46. The lowest BCUT2D eigenvalue weighted by Gasteiger charge is -2.27. The van der Waals surface area contributed by atoms with E-state index in [1.807, 2.05) is 0 Å². The maximum absolute atomic E-state index is 12.3. The number of likely N-dealkylation sites (tertiary alicyclic amines) is 1. The largest absolute Gasteiger partial charge is 0.356 e. The molecule has 0 aliphatic carbocycles. The van der Waals surface area contributed by atoms with Crippen molar-refractivity contribution in [3.63, 3.8) is 0 Å². The van der Waals surface area contributed by atoms with E-state index in [1.165, 1.54) is 30.9 Å². The van der Waals surface area contributed by atoms with Crippen LogP contribution in [0.15, 0.2) is 57.3 Å². The summed E-state index contributed by atoms with van der Waals surface area (Å²) in [6.07, 6.45) is 6.46. The van der Waals surface area contributed by atoms with E-state index < -0.39 is 10.0 Å². The summed E-state index contributed by atoms with van der Waals surface area (Å²) in [7, 11) is -3.76. The second-order valence-corrected chi connectivity index (χ2v) is 8.82. The quantitative estimate of drug-likeness (QED) is 0.444. The number of hydrogen-bond donors (Lipinski definition) is 1. The average molecular weight is 423 g/mol. The van der Waals surface area contributed by atoms with Crippen molar-refractivity contribution >= 4 is 50.1 Å². The number of thiocarbonyl (C=S) groups is 1. The molecule has 0 amide bonds. The van der Waals surface area contributed by atoms with Gasteiger partial charge in [-0.05, 0) is 49.6 Å². The monoisotopic (exact) mass is 422 g/mol. The predicted molar refractivity (Wildman–Crippen MR) is 109 cm³/mol. The van der Waals surface area contributed by atoms with Crippen molar-refractivity contribution in [1.29, 1.82) is 0 Å². The normalized spacial score (nSPS) is 15.0. The van der Waals surface area contributed by atoms with Crippen molar-refractivity contribution < 1.29 is 8.42 Å². The maximum Gasteiger partial charge on any atom is 0.264 e. The Kier molecular flexibility index (Phi) is 6.69. The van der Waals surface area contributed by atoms with Crippen molar-refractivity contribution in [2.45, 2.75) is 24.2 Å². The van der Waals surface area contributed by atoms with Gasteiger partial charge in [0, 0.05) is 25.5 Å². The molecule has 1 aromatic heterocycles. The van der Waals surface area contributed by atoms with Gasteiger partial charge in [0.2, 0.25) is 5.95 Å². The molecule has 1 N–H and O–H groups in total. The van der Waals surface area contributed by atoms with Crippen molar-refractivity contribution in [2.75, 3.05) is 17.8 Å². The molecular formula is C16H18N6O2S3. The number of sulfonamides is 1. The Morgan fingerprint density at radius 3 is 2.44 bits per heavy atom. The predicted octanol–water partition coefficient (Wildman–Crippen LogP) is 3.78. The summed E-state index contributed by atoms with van der Waals surface area (Å²) >= 11 is 6.51. The highest BCUT2D eigenvalue weighted by Gasteiger charge is 2.15. The van der Waals surface area contributed by atoms with Gasteiger partial charge in [-0.3, -0.25) is 0 Å². The molecule has 1 saturated heterocycles. The second kappa shape index (κ2) is 9.20. The molecule has 2 aromatic rings. The summed E-state index contributed by atoms with van der Waals surface area (Å²) in [5.41, 5.74) is 0.541.